The van der Waals surface area contributed by atoms with E-state index < -0.39 is 62.7 Å². The zero-order valence-corrected chi connectivity index (χ0v) is 10.6. The highest BCUT2D eigenvalue weighted by atomic mass is 16.4. The van der Waals surface area contributed by atoms with Gasteiger partial charge in [-0.25, -0.2) is 0 Å². The average Bonchev–Trinajstić information content (AvgIpc) is 2.50. The maximum absolute atomic E-state index is 10.3. The molecule has 0 heterocycles. The SMILES string of the molecule is O=C(CO)[C@H](O)[C@H](O)CO.OC[C@@H](O)C(O)[C@@H](O)CO. The summed E-state index contributed by atoms with van der Waals surface area (Å²) < 4.78 is 0. The van der Waals surface area contributed by atoms with Gasteiger partial charge in [0.1, 0.15) is 37.1 Å². The summed E-state index contributed by atoms with van der Waals surface area (Å²) in [7, 11) is 0. The Balaban J connectivity index is 0. The van der Waals surface area contributed by atoms with Crippen LogP contribution in [-0.2, 0) is 4.79 Å². The highest BCUT2D eigenvalue weighted by Crippen LogP contribution is 1.98. The quantitative estimate of drug-likeness (QED) is 0.208. The molecule has 0 radical (unpaired) electrons. The monoisotopic (exact) mass is 302 g/mol. The number of hydrogen-bond acceptors (Lipinski definition) is 10. The van der Waals surface area contributed by atoms with Gasteiger partial charge in [-0.1, -0.05) is 0 Å². The minimum absolute atomic E-state index is 0.641. The van der Waals surface area contributed by atoms with Gasteiger partial charge in [-0.15, -0.1) is 0 Å². The molecular weight excluding hydrogens is 280 g/mol. The molecule has 0 aromatic carbocycles. The smallest absolute Gasteiger partial charge is 0.189 e. The summed E-state index contributed by atoms with van der Waals surface area (Å²) >= 11 is 0. The van der Waals surface area contributed by atoms with Crippen molar-refractivity contribution in [2.75, 3.05) is 26.4 Å². The topological polar surface area (TPSA) is 199 Å². The number of carbonyl (C=O) groups is 1. The summed E-state index contributed by atoms with van der Waals surface area (Å²) in [5.41, 5.74) is 0. The maximum atomic E-state index is 10.3. The second kappa shape index (κ2) is 12.1. The molecular formula is C10H22O10. The highest BCUT2D eigenvalue weighted by Gasteiger charge is 2.23. The minimum Gasteiger partial charge on any atom is -0.394 e. The molecule has 1 unspecified atom stereocenters. The van der Waals surface area contributed by atoms with E-state index in [2.05, 4.69) is 0 Å². The van der Waals surface area contributed by atoms with Crippen molar-refractivity contribution in [3.63, 3.8) is 0 Å². The van der Waals surface area contributed by atoms with Gasteiger partial charge in [-0.3, -0.25) is 4.79 Å². The Kier molecular flexibility index (Phi) is 13.1. The van der Waals surface area contributed by atoms with Crippen molar-refractivity contribution in [2.24, 2.45) is 0 Å². The van der Waals surface area contributed by atoms with Gasteiger partial charge in [0.2, 0.25) is 0 Å². The fourth-order valence-corrected chi connectivity index (χ4v) is 0.880. The molecule has 10 heteroatoms. The van der Waals surface area contributed by atoms with Crippen molar-refractivity contribution < 1.29 is 50.8 Å². The van der Waals surface area contributed by atoms with E-state index in [1.54, 1.807) is 0 Å². The van der Waals surface area contributed by atoms with Crippen LogP contribution in [0.5, 0.6) is 0 Å². The van der Waals surface area contributed by atoms with Crippen LogP contribution in [0.1, 0.15) is 0 Å². The Bertz CT molecular complexity index is 238. The zero-order valence-electron chi connectivity index (χ0n) is 10.6. The van der Waals surface area contributed by atoms with Crippen molar-refractivity contribution in [3.05, 3.63) is 0 Å². The van der Waals surface area contributed by atoms with Gasteiger partial charge in [0.05, 0.1) is 19.8 Å². The largest absolute Gasteiger partial charge is 0.394 e. The standard InChI is InChI=1S/C5H12O5.C5H10O5/c2*6-1-3(8)5(10)4(9)2-7/h3-10H,1-2H2;3,5-8,10H,1-2H2/t3-,4+,5?;3-,5-/m.1/s1. The number of aliphatic hydroxyl groups is 9. The Hall–Kier alpha value is -0.690. The molecule has 0 aromatic heterocycles. The zero-order chi connectivity index (χ0) is 16.3. The first-order valence-corrected chi connectivity index (χ1v) is 5.63. The Labute approximate surface area is 114 Å². The maximum Gasteiger partial charge on any atom is 0.189 e. The average molecular weight is 302 g/mol. The number of hydrogen-bond donors (Lipinski definition) is 9. The summed E-state index contributed by atoms with van der Waals surface area (Å²) in [6, 6.07) is 0. The van der Waals surface area contributed by atoms with Gasteiger partial charge in [0.25, 0.3) is 0 Å². The van der Waals surface area contributed by atoms with Crippen LogP contribution in [0.3, 0.4) is 0 Å². The molecule has 0 aromatic rings. The molecule has 0 saturated carbocycles. The number of ketones is 1. The summed E-state index contributed by atoms with van der Waals surface area (Å²) in [6.07, 6.45) is -7.48. The molecule has 0 aliphatic carbocycles. The van der Waals surface area contributed by atoms with Crippen LogP contribution in [0.4, 0.5) is 0 Å². The summed E-state index contributed by atoms with van der Waals surface area (Å²) in [6.45, 7) is -2.82. The van der Waals surface area contributed by atoms with E-state index in [0.29, 0.717) is 0 Å². The highest BCUT2D eigenvalue weighted by molar-refractivity contribution is 5.84. The molecule has 10 nitrogen and oxygen atoms in total. The van der Waals surface area contributed by atoms with Gasteiger partial charge in [-0.2, -0.15) is 0 Å². The number of carbonyl (C=O) groups excluding carboxylic acids is 1. The first-order chi connectivity index (χ1) is 9.26. The molecule has 0 rings (SSSR count). The lowest BCUT2D eigenvalue weighted by molar-refractivity contribution is -0.137. The van der Waals surface area contributed by atoms with Crippen LogP contribution in [0.25, 0.3) is 0 Å². The summed E-state index contributed by atoms with van der Waals surface area (Å²) in [4.78, 5) is 10.3. The van der Waals surface area contributed by atoms with E-state index in [0.717, 1.165) is 0 Å². The number of Topliss-reactive ketones (excluding diaryl/α,β-unsaturated/α-hetero) is 1. The van der Waals surface area contributed by atoms with Gasteiger partial charge < -0.3 is 46.0 Å². The number of aliphatic hydroxyl groups excluding tert-OH is 9. The second-order valence-electron chi connectivity index (χ2n) is 3.81. The summed E-state index contributed by atoms with van der Waals surface area (Å²) in [5, 5.41) is 76.2. The molecule has 0 aliphatic heterocycles. The molecule has 0 amide bonds. The first kappa shape index (κ1) is 21.6. The second-order valence-corrected chi connectivity index (χ2v) is 3.81. The lowest BCUT2D eigenvalue weighted by Crippen LogP contribution is -2.41. The van der Waals surface area contributed by atoms with E-state index in [1.165, 1.54) is 0 Å². The van der Waals surface area contributed by atoms with Crippen molar-refractivity contribution in [3.8, 4) is 0 Å². The van der Waals surface area contributed by atoms with Gasteiger partial charge in [0.15, 0.2) is 5.78 Å². The van der Waals surface area contributed by atoms with E-state index in [9.17, 15) is 4.79 Å². The Morgan fingerprint density at radius 1 is 0.700 bits per heavy atom. The predicted molar refractivity (Wildman–Crippen MR) is 63.4 cm³/mol. The summed E-state index contributed by atoms with van der Waals surface area (Å²) in [5.74, 6) is -0.901. The van der Waals surface area contributed by atoms with Crippen molar-refractivity contribution in [1.29, 1.82) is 0 Å². The fraction of sp³-hybridized carbons (Fsp3) is 0.900. The minimum atomic E-state index is -1.69. The third-order valence-electron chi connectivity index (χ3n) is 2.20. The molecule has 122 valence electrons. The lowest BCUT2D eigenvalue weighted by Gasteiger charge is -2.19. The lowest BCUT2D eigenvalue weighted by atomic mass is 10.1. The van der Waals surface area contributed by atoms with E-state index in [-0.39, 0.29) is 0 Å². The molecule has 20 heavy (non-hydrogen) atoms. The number of rotatable bonds is 8. The van der Waals surface area contributed by atoms with E-state index in [4.69, 9.17) is 46.0 Å². The molecule has 0 aliphatic rings. The molecule has 5 atom stereocenters. The van der Waals surface area contributed by atoms with Crippen molar-refractivity contribution in [1.82, 2.24) is 0 Å². The van der Waals surface area contributed by atoms with Crippen LogP contribution >= 0.6 is 0 Å². The third-order valence-corrected chi connectivity index (χ3v) is 2.20. The normalized spacial score (nSPS) is 18.2. The Morgan fingerprint density at radius 2 is 1.05 bits per heavy atom. The molecule has 0 spiro atoms. The molecule has 9 N–H and O–H groups in total. The van der Waals surface area contributed by atoms with Crippen LogP contribution in [0.2, 0.25) is 0 Å². The first-order valence-electron chi connectivity index (χ1n) is 5.63. The van der Waals surface area contributed by atoms with Crippen LogP contribution < -0.4 is 0 Å². The van der Waals surface area contributed by atoms with Crippen LogP contribution in [-0.4, -0.2) is 109 Å². The van der Waals surface area contributed by atoms with E-state index in [1.807, 2.05) is 0 Å². The molecule has 0 bridgehead atoms. The van der Waals surface area contributed by atoms with Gasteiger partial charge in [-0.05, 0) is 0 Å². The van der Waals surface area contributed by atoms with Crippen LogP contribution in [0.15, 0.2) is 0 Å². The van der Waals surface area contributed by atoms with Crippen molar-refractivity contribution >= 4 is 5.78 Å². The molecule has 0 fully saturated rings. The van der Waals surface area contributed by atoms with Crippen LogP contribution in [0, 0.1) is 0 Å². The molecule has 0 saturated heterocycles. The fourth-order valence-electron chi connectivity index (χ4n) is 0.880. The van der Waals surface area contributed by atoms with Gasteiger partial charge >= 0.3 is 0 Å². The van der Waals surface area contributed by atoms with Crippen molar-refractivity contribution in [2.45, 2.75) is 30.5 Å². The predicted octanol–water partition coefficient (Wildman–Crippen LogP) is -5.68. The Morgan fingerprint density at radius 3 is 1.30 bits per heavy atom. The van der Waals surface area contributed by atoms with Gasteiger partial charge in [0, 0.05) is 0 Å². The third kappa shape index (κ3) is 8.47. The van der Waals surface area contributed by atoms with E-state index >= 15 is 0 Å².